The van der Waals surface area contributed by atoms with Crippen LogP contribution < -0.4 is 9.47 Å². The number of nitrogens with zero attached hydrogens (tertiary/aromatic N) is 5. The molecule has 3 aromatic rings. The van der Waals surface area contributed by atoms with E-state index in [4.69, 9.17) is 4.74 Å². The van der Waals surface area contributed by atoms with Gasteiger partial charge in [-0.15, -0.1) is 0 Å². The van der Waals surface area contributed by atoms with Crippen molar-refractivity contribution in [3.63, 3.8) is 0 Å². The normalized spacial score (nSPS) is 10.8. The van der Waals surface area contributed by atoms with Crippen LogP contribution in [-0.4, -0.2) is 38.4 Å². The maximum absolute atomic E-state index is 12.4. The summed E-state index contributed by atoms with van der Waals surface area (Å²) in [5, 5.41) is 14.4. The van der Waals surface area contributed by atoms with Crippen LogP contribution in [0.5, 0.6) is 11.6 Å². The second-order valence-corrected chi connectivity index (χ2v) is 5.31. The Labute approximate surface area is 151 Å². The predicted octanol–water partition coefficient (Wildman–Crippen LogP) is 2.91. The molecule has 0 spiro atoms. The van der Waals surface area contributed by atoms with E-state index in [1.54, 1.807) is 18.2 Å². The predicted molar refractivity (Wildman–Crippen MR) is 88.6 cm³/mol. The molecular formula is C16H13F2N5O4. The molecule has 0 saturated carbocycles. The lowest BCUT2D eigenvalue weighted by molar-refractivity contribution is -0.394. The van der Waals surface area contributed by atoms with Gasteiger partial charge in [-0.05, 0) is 34.2 Å². The minimum absolute atomic E-state index is 0.00172. The number of alkyl halides is 2. The van der Waals surface area contributed by atoms with Crippen LogP contribution in [0.1, 0.15) is 5.56 Å². The average Bonchev–Trinajstić information content (AvgIpc) is 3.10. The van der Waals surface area contributed by atoms with Crippen molar-refractivity contribution in [2.75, 3.05) is 7.11 Å². The van der Waals surface area contributed by atoms with E-state index in [2.05, 4.69) is 19.8 Å². The summed E-state index contributed by atoms with van der Waals surface area (Å²) in [6, 6.07) is 7.84. The Morgan fingerprint density at radius 3 is 2.78 bits per heavy atom. The van der Waals surface area contributed by atoms with Gasteiger partial charge in [0.15, 0.2) is 0 Å². The van der Waals surface area contributed by atoms with E-state index in [9.17, 15) is 18.9 Å². The van der Waals surface area contributed by atoms with Crippen molar-refractivity contribution in [3.05, 3.63) is 58.5 Å². The second kappa shape index (κ2) is 7.72. The topological polar surface area (TPSA) is 105 Å². The summed E-state index contributed by atoms with van der Waals surface area (Å²) in [5.41, 5.74) is 1.76. The molecule has 0 N–H and O–H groups in total. The van der Waals surface area contributed by atoms with Crippen molar-refractivity contribution < 1.29 is 23.2 Å². The third kappa shape index (κ3) is 4.32. The van der Waals surface area contributed by atoms with Crippen LogP contribution in [0.2, 0.25) is 0 Å². The monoisotopic (exact) mass is 377 g/mol. The van der Waals surface area contributed by atoms with Crippen LogP contribution in [-0.2, 0) is 6.54 Å². The van der Waals surface area contributed by atoms with Crippen LogP contribution in [0.25, 0.3) is 11.1 Å². The first-order valence-corrected chi connectivity index (χ1v) is 7.58. The summed E-state index contributed by atoms with van der Waals surface area (Å²) >= 11 is 0. The van der Waals surface area contributed by atoms with Crippen molar-refractivity contribution in [3.8, 4) is 22.8 Å². The Kier molecular flexibility index (Phi) is 5.20. The van der Waals surface area contributed by atoms with E-state index in [0.29, 0.717) is 16.7 Å². The third-order valence-corrected chi connectivity index (χ3v) is 3.50. The first-order chi connectivity index (χ1) is 13.0. The zero-order valence-corrected chi connectivity index (χ0v) is 14.0. The molecule has 0 radical (unpaired) electrons. The number of rotatable bonds is 7. The highest BCUT2D eigenvalue weighted by Gasteiger charge is 2.15. The SMILES string of the molecule is COc1ncc(Cn2cnc([N+](=O)[O-])n2)cc1-c1cccc(OC(F)F)c1. The van der Waals surface area contributed by atoms with Gasteiger partial charge in [-0.2, -0.15) is 13.5 Å². The van der Waals surface area contributed by atoms with Gasteiger partial charge in [0.25, 0.3) is 0 Å². The standard InChI is InChI=1S/C16H13F2N5O4/c1-26-14-13(11-3-2-4-12(6-11)27-15(17)18)5-10(7-19-14)8-22-9-20-16(21-22)23(24)25/h2-7,9,15H,8H2,1H3. The van der Waals surface area contributed by atoms with Crippen LogP contribution in [0.15, 0.2) is 42.9 Å². The number of hydrogen-bond donors (Lipinski definition) is 0. The molecule has 0 amide bonds. The molecular weight excluding hydrogens is 364 g/mol. The zero-order valence-electron chi connectivity index (χ0n) is 14.0. The highest BCUT2D eigenvalue weighted by Crippen LogP contribution is 2.31. The quantitative estimate of drug-likeness (QED) is 0.460. The van der Waals surface area contributed by atoms with Crippen molar-refractivity contribution in [2.45, 2.75) is 13.2 Å². The molecule has 1 aromatic carbocycles. The maximum Gasteiger partial charge on any atom is 0.490 e. The first-order valence-electron chi connectivity index (χ1n) is 7.58. The number of methoxy groups -OCH3 is 1. The van der Waals surface area contributed by atoms with E-state index in [0.717, 1.165) is 0 Å². The van der Waals surface area contributed by atoms with Crippen LogP contribution >= 0.6 is 0 Å². The van der Waals surface area contributed by atoms with Gasteiger partial charge in [0.1, 0.15) is 5.75 Å². The summed E-state index contributed by atoms with van der Waals surface area (Å²) < 4.78 is 35.8. The Bertz CT molecular complexity index is 963. The fourth-order valence-electron chi connectivity index (χ4n) is 2.42. The van der Waals surface area contributed by atoms with Gasteiger partial charge in [-0.25, -0.2) is 4.98 Å². The average molecular weight is 377 g/mol. The maximum atomic E-state index is 12.4. The van der Waals surface area contributed by atoms with Gasteiger partial charge >= 0.3 is 12.6 Å². The second-order valence-electron chi connectivity index (χ2n) is 5.31. The van der Waals surface area contributed by atoms with Crippen molar-refractivity contribution in [2.24, 2.45) is 0 Å². The minimum atomic E-state index is -2.94. The third-order valence-electron chi connectivity index (χ3n) is 3.50. The zero-order chi connectivity index (χ0) is 19.4. The van der Waals surface area contributed by atoms with Crippen LogP contribution in [0, 0.1) is 10.1 Å². The molecule has 27 heavy (non-hydrogen) atoms. The molecule has 0 aliphatic rings. The summed E-state index contributed by atoms with van der Waals surface area (Å²) in [6.45, 7) is -2.76. The number of benzene rings is 1. The minimum Gasteiger partial charge on any atom is -0.481 e. The highest BCUT2D eigenvalue weighted by molar-refractivity contribution is 5.70. The molecule has 3 rings (SSSR count). The molecule has 0 aliphatic carbocycles. The number of pyridine rings is 1. The largest absolute Gasteiger partial charge is 0.490 e. The summed E-state index contributed by atoms with van der Waals surface area (Å²) in [7, 11) is 1.44. The molecule has 0 aliphatic heterocycles. The number of ether oxygens (including phenoxy) is 2. The molecule has 2 aromatic heterocycles. The Balaban J connectivity index is 1.92. The highest BCUT2D eigenvalue weighted by atomic mass is 19.3. The van der Waals surface area contributed by atoms with Gasteiger partial charge < -0.3 is 19.6 Å². The lowest BCUT2D eigenvalue weighted by Crippen LogP contribution is -2.03. The van der Waals surface area contributed by atoms with Gasteiger partial charge in [0.2, 0.25) is 12.2 Å². The van der Waals surface area contributed by atoms with Gasteiger partial charge in [-0.3, -0.25) is 0 Å². The van der Waals surface area contributed by atoms with Crippen LogP contribution in [0.4, 0.5) is 14.7 Å². The number of halogens is 2. The van der Waals surface area contributed by atoms with Crippen LogP contribution in [0.3, 0.4) is 0 Å². The number of aromatic nitrogens is 4. The van der Waals surface area contributed by atoms with E-state index in [-0.39, 0.29) is 18.2 Å². The molecule has 140 valence electrons. The van der Waals surface area contributed by atoms with Gasteiger partial charge in [0, 0.05) is 16.9 Å². The summed E-state index contributed by atoms with van der Waals surface area (Å²) in [6.07, 6.45) is 2.76. The molecule has 0 atom stereocenters. The molecule has 0 fully saturated rings. The molecule has 0 saturated heterocycles. The Hall–Kier alpha value is -3.63. The van der Waals surface area contributed by atoms with E-state index < -0.39 is 17.5 Å². The van der Waals surface area contributed by atoms with Crippen molar-refractivity contribution in [1.29, 1.82) is 0 Å². The summed E-state index contributed by atoms with van der Waals surface area (Å²) in [4.78, 5) is 17.8. The summed E-state index contributed by atoms with van der Waals surface area (Å²) in [5.74, 6) is -0.215. The van der Waals surface area contributed by atoms with E-state index >= 15 is 0 Å². The first kappa shape index (κ1) is 18.2. The van der Waals surface area contributed by atoms with E-state index in [1.165, 1.54) is 36.4 Å². The van der Waals surface area contributed by atoms with Gasteiger partial charge in [-0.1, -0.05) is 17.1 Å². The van der Waals surface area contributed by atoms with Crippen molar-refractivity contribution in [1.82, 2.24) is 19.7 Å². The smallest absolute Gasteiger partial charge is 0.481 e. The lowest BCUT2D eigenvalue weighted by atomic mass is 10.0. The molecule has 0 bridgehead atoms. The Morgan fingerprint density at radius 2 is 2.11 bits per heavy atom. The molecule has 2 heterocycles. The Morgan fingerprint density at radius 1 is 1.30 bits per heavy atom. The molecule has 11 heteroatoms. The number of hydrogen-bond acceptors (Lipinski definition) is 7. The van der Waals surface area contributed by atoms with E-state index in [1.807, 2.05) is 0 Å². The fourth-order valence-corrected chi connectivity index (χ4v) is 2.42. The molecule has 0 unspecified atom stereocenters. The molecule has 9 nitrogen and oxygen atoms in total. The number of nitro groups is 1. The fraction of sp³-hybridized carbons (Fsp3) is 0.188. The van der Waals surface area contributed by atoms with Gasteiger partial charge in [0.05, 0.1) is 13.7 Å². The van der Waals surface area contributed by atoms with Crippen molar-refractivity contribution >= 4 is 5.95 Å². The lowest BCUT2D eigenvalue weighted by Gasteiger charge is -2.11.